The van der Waals surface area contributed by atoms with Crippen LogP contribution in [0.3, 0.4) is 0 Å². The first-order valence-electron chi connectivity index (χ1n) is 9.01. The number of carbonyl (C=O) groups excluding carboxylic acids is 1. The van der Waals surface area contributed by atoms with E-state index in [0.717, 1.165) is 17.0 Å². The number of aromatic amines is 1. The number of hydrogen-bond donors (Lipinski definition) is 2. The van der Waals surface area contributed by atoms with E-state index in [1.54, 1.807) is 31.5 Å². The van der Waals surface area contributed by atoms with Crippen molar-refractivity contribution in [3.05, 3.63) is 83.8 Å². The van der Waals surface area contributed by atoms with E-state index in [-0.39, 0.29) is 22.2 Å². The Hall–Kier alpha value is -3.59. The van der Waals surface area contributed by atoms with Crippen LogP contribution in [0.15, 0.2) is 70.8 Å². The highest BCUT2D eigenvalue weighted by atomic mass is 32.2. The molecule has 2 N–H and O–H groups in total. The van der Waals surface area contributed by atoms with Crippen molar-refractivity contribution in [2.45, 2.75) is 23.3 Å². The summed E-state index contributed by atoms with van der Waals surface area (Å²) in [5, 5.41) is 3.55. The average Bonchev–Trinajstić information content (AvgIpc) is 3.16. The summed E-state index contributed by atoms with van der Waals surface area (Å²) in [6.07, 6.45) is 4.49. The van der Waals surface area contributed by atoms with Gasteiger partial charge in [0.1, 0.15) is 11.5 Å². The maximum absolute atomic E-state index is 13.6. The van der Waals surface area contributed by atoms with Crippen LogP contribution in [-0.4, -0.2) is 29.3 Å². The van der Waals surface area contributed by atoms with Crippen molar-refractivity contribution in [2.75, 3.05) is 0 Å². The summed E-state index contributed by atoms with van der Waals surface area (Å²) >= 11 is 0. The number of rotatable bonds is 5. The first kappa shape index (κ1) is 19.7. The summed E-state index contributed by atoms with van der Waals surface area (Å²) < 4.78 is 39.0. The zero-order chi connectivity index (χ0) is 21.3. The van der Waals surface area contributed by atoms with Crippen molar-refractivity contribution in [3.8, 4) is 0 Å². The van der Waals surface area contributed by atoms with Gasteiger partial charge in [-0.3, -0.25) is 14.8 Å². The van der Waals surface area contributed by atoms with E-state index in [1.165, 1.54) is 30.5 Å². The molecule has 1 aromatic carbocycles. The van der Waals surface area contributed by atoms with Crippen LogP contribution in [0, 0.1) is 12.7 Å². The lowest BCUT2D eigenvalue weighted by Crippen LogP contribution is -2.23. The van der Waals surface area contributed by atoms with Gasteiger partial charge in [0.2, 0.25) is 9.84 Å². The lowest BCUT2D eigenvalue weighted by molar-refractivity contribution is 0.0946. The fraction of sp³-hybridized carbons (Fsp3) is 0.0952. The molecule has 0 aliphatic rings. The van der Waals surface area contributed by atoms with Gasteiger partial charge in [0.25, 0.3) is 5.91 Å². The fourth-order valence-electron chi connectivity index (χ4n) is 3.03. The van der Waals surface area contributed by atoms with Gasteiger partial charge in [-0.25, -0.2) is 12.8 Å². The Morgan fingerprint density at radius 2 is 1.93 bits per heavy atom. The molecule has 3 aromatic heterocycles. The van der Waals surface area contributed by atoms with E-state index in [2.05, 4.69) is 20.3 Å². The first-order valence-corrected chi connectivity index (χ1v) is 10.5. The molecule has 3 heterocycles. The Kier molecular flexibility index (Phi) is 5.04. The second-order valence-electron chi connectivity index (χ2n) is 6.78. The third kappa shape index (κ3) is 3.92. The van der Waals surface area contributed by atoms with Crippen molar-refractivity contribution in [2.24, 2.45) is 0 Å². The molecule has 4 rings (SSSR count). The summed E-state index contributed by atoms with van der Waals surface area (Å²) in [6.45, 7) is 1.74. The Bertz CT molecular complexity index is 1300. The number of carbonyl (C=O) groups is 1. The third-order valence-electron chi connectivity index (χ3n) is 4.53. The molecule has 30 heavy (non-hydrogen) atoms. The molecular formula is C21H17FN4O3S. The maximum Gasteiger partial charge on any atom is 0.268 e. The standard InChI is InChI=1S/C21H17FN4O3S/c1-13-6-15(22)9-18(7-13)30(28,29)17-3-2-16(24-12-17)11-25-21(27)20-8-14-10-23-5-4-19(14)26-20/h2-10,12,26H,11H2,1H3,(H,25,27). The molecule has 4 aromatic rings. The molecule has 0 aliphatic carbocycles. The monoisotopic (exact) mass is 424 g/mol. The van der Waals surface area contributed by atoms with E-state index in [9.17, 15) is 17.6 Å². The molecule has 0 spiro atoms. The van der Waals surface area contributed by atoms with Crippen LogP contribution in [-0.2, 0) is 16.4 Å². The van der Waals surface area contributed by atoms with Gasteiger partial charge in [-0.15, -0.1) is 0 Å². The number of amides is 1. The molecule has 0 saturated carbocycles. The predicted molar refractivity (Wildman–Crippen MR) is 108 cm³/mol. The molecule has 0 bridgehead atoms. The van der Waals surface area contributed by atoms with Crippen LogP contribution < -0.4 is 5.32 Å². The highest BCUT2D eigenvalue weighted by Gasteiger charge is 2.19. The van der Waals surface area contributed by atoms with E-state index >= 15 is 0 Å². The lowest BCUT2D eigenvalue weighted by Gasteiger charge is -2.07. The van der Waals surface area contributed by atoms with Crippen molar-refractivity contribution >= 4 is 26.6 Å². The second-order valence-corrected chi connectivity index (χ2v) is 8.73. The van der Waals surface area contributed by atoms with Crippen LogP contribution in [0.25, 0.3) is 10.9 Å². The molecular weight excluding hydrogens is 407 g/mol. The van der Waals surface area contributed by atoms with Gasteiger partial charge in [-0.2, -0.15) is 0 Å². The number of aromatic nitrogens is 3. The van der Waals surface area contributed by atoms with Crippen molar-refractivity contribution in [3.63, 3.8) is 0 Å². The van der Waals surface area contributed by atoms with E-state index in [1.807, 2.05) is 0 Å². The molecule has 0 aliphatic heterocycles. The van der Waals surface area contributed by atoms with Gasteiger partial charge in [-0.05, 0) is 55.0 Å². The molecule has 0 fully saturated rings. The van der Waals surface area contributed by atoms with E-state index < -0.39 is 15.7 Å². The van der Waals surface area contributed by atoms with Crippen LogP contribution in [0.5, 0.6) is 0 Å². The average molecular weight is 424 g/mol. The number of pyridine rings is 2. The molecule has 0 radical (unpaired) electrons. The molecule has 9 heteroatoms. The van der Waals surface area contributed by atoms with Gasteiger partial charge in [-0.1, -0.05) is 0 Å². The SMILES string of the molecule is Cc1cc(F)cc(S(=O)(=O)c2ccc(CNC(=O)c3cc4cnccc4[nH]3)nc2)c1. The van der Waals surface area contributed by atoms with Gasteiger partial charge < -0.3 is 10.3 Å². The highest BCUT2D eigenvalue weighted by molar-refractivity contribution is 7.91. The number of benzene rings is 1. The molecule has 0 unspecified atom stereocenters. The van der Waals surface area contributed by atoms with E-state index in [4.69, 9.17) is 0 Å². The number of nitrogens with zero attached hydrogens (tertiary/aromatic N) is 2. The first-order chi connectivity index (χ1) is 14.3. The highest BCUT2D eigenvalue weighted by Crippen LogP contribution is 2.22. The number of nitrogens with one attached hydrogen (secondary N) is 2. The van der Waals surface area contributed by atoms with Gasteiger partial charge in [0.05, 0.1) is 22.0 Å². The fourth-order valence-corrected chi connectivity index (χ4v) is 4.35. The summed E-state index contributed by atoms with van der Waals surface area (Å²) in [6, 6.07) is 10.0. The number of aryl methyl sites for hydroxylation is 1. The molecule has 0 atom stereocenters. The largest absolute Gasteiger partial charge is 0.350 e. The Morgan fingerprint density at radius 1 is 1.10 bits per heavy atom. The third-order valence-corrected chi connectivity index (χ3v) is 6.25. The lowest BCUT2D eigenvalue weighted by atomic mass is 10.2. The minimum Gasteiger partial charge on any atom is -0.350 e. The minimum absolute atomic E-state index is 0.0503. The van der Waals surface area contributed by atoms with Crippen molar-refractivity contribution in [1.29, 1.82) is 0 Å². The zero-order valence-electron chi connectivity index (χ0n) is 15.9. The zero-order valence-corrected chi connectivity index (χ0v) is 16.7. The van der Waals surface area contributed by atoms with Gasteiger partial charge in [0.15, 0.2) is 0 Å². The number of halogens is 1. The quantitative estimate of drug-likeness (QED) is 0.512. The smallest absolute Gasteiger partial charge is 0.268 e. The van der Waals surface area contributed by atoms with Crippen molar-refractivity contribution < 1.29 is 17.6 Å². The number of H-pyrrole nitrogens is 1. The minimum atomic E-state index is -3.89. The van der Waals surface area contributed by atoms with Crippen LogP contribution in [0.2, 0.25) is 0 Å². The number of hydrogen-bond acceptors (Lipinski definition) is 5. The van der Waals surface area contributed by atoms with Crippen LogP contribution >= 0.6 is 0 Å². The molecule has 1 amide bonds. The molecule has 7 nitrogen and oxygen atoms in total. The Balaban J connectivity index is 1.47. The van der Waals surface area contributed by atoms with Crippen molar-refractivity contribution in [1.82, 2.24) is 20.3 Å². The Morgan fingerprint density at radius 3 is 2.63 bits per heavy atom. The molecule has 0 saturated heterocycles. The summed E-state index contributed by atoms with van der Waals surface area (Å²) in [5.74, 6) is -0.937. The van der Waals surface area contributed by atoms with Gasteiger partial charge in [0, 0.05) is 29.5 Å². The topological polar surface area (TPSA) is 105 Å². The normalized spacial score (nSPS) is 11.5. The summed E-state index contributed by atoms with van der Waals surface area (Å²) in [7, 11) is -3.89. The maximum atomic E-state index is 13.6. The number of fused-ring (bicyclic) bond motifs is 1. The predicted octanol–water partition coefficient (Wildman–Crippen LogP) is 3.17. The van der Waals surface area contributed by atoms with Crippen LogP contribution in [0.1, 0.15) is 21.7 Å². The van der Waals surface area contributed by atoms with Gasteiger partial charge >= 0.3 is 0 Å². The second kappa shape index (κ2) is 7.68. The summed E-state index contributed by atoms with van der Waals surface area (Å²) in [4.78, 5) is 23.3. The summed E-state index contributed by atoms with van der Waals surface area (Å²) in [5.41, 5.74) is 2.18. The number of sulfone groups is 1. The Labute approximate surface area is 171 Å². The van der Waals surface area contributed by atoms with E-state index in [0.29, 0.717) is 17.0 Å². The molecule has 152 valence electrons. The van der Waals surface area contributed by atoms with Crippen LogP contribution in [0.4, 0.5) is 4.39 Å².